The quantitative estimate of drug-likeness (QED) is 0.363. The molecule has 1 amide bonds. The molecule has 0 aliphatic carbocycles. The summed E-state index contributed by atoms with van der Waals surface area (Å²) < 4.78 is 46.8. The number of aromatic nitrogens is 2. The van der Waals surface area contributed by atoms with E-state index in [0.717, 1.165) is 25.1 Å². The van der Waals surface area contributed by atoms with Crippen LogP contribution in [0, 0.1) is 0 Å². The van der Waals surface area contributed by atoms with Crippen LogP contribution in [0.5, 0.6) is 5.75 Å². The van der Waals surface area contributed by atoms with Gasteiger partial charge in [0, 0.05) is 29.4 Å². The SMILES string of the molecule is CCCNC(C)(C)COc1ccc(NC(=O)c2cccc(C(F)(F)F)c2)cc1-c1c(Cl)cnn1C. The van der Waals surface area contributed by atoms with Gasteiger partial charge in [0.1, 0.15) is 12.4 Å². The number of alkyl halides is 3. The number of hydrogen-bond donors (Lipinski definition) is 2. The Bertz CT molecular complexity index is 1170. The van der Waals surface area contributed by atoms with Crippen LogP contribution in [0.15, 0.2) is 48.7 Å². The molecular weight excluding hydrogens is 481 g/mol. The molecule has 6 nitrogen and oxygen atoms in total. The standard InChI is InChI=1S/C25H28ClF3N4O2/c1-5-11-30-24(2,3)15-35-21-10-9-18(13-19(21)22-20(26)14-31-33(22)4)32-23(34)16-7-6-8-17(12-16)25(27,28)29/h6-10,12-14,30H,5,11,15H2,1-4H3,(H,32,34). The van der Waals surface area contributed by atoms with Gasteiger partial charge in [0.25, 0.3) is 5.91 Å². The van der Waals surface area contributed by atoms with Gasteiger partial charge >= 0.3 is 6.18 Å². The van der Waals surface area contributed by atoms with Gasteiger partial charge in [-0.25, -0.2) is 0 Å². The van der Waals surface area contributed by atoms with E-state index in [9.17, 15) is 18.0 Å². The number of aryl methyl sites for hydroxylation is 1. The van der Waals surface area contributed by atoms with Crippen molar-refractivity contribution in [1.82, 2.24) is 15.1 Å². The van der Waals surface area contributed by atoms with Crippen molar-refractivity contribution < 1.29 is 22.7 Å². The van der Waals surface area contributed by atoms with Gasteiger partial charge in [0.05, 0.1) is 22.5 Å². The first kappa shape index (κ1) is 26.6. The van der Waals surface area contributed by atoms with Crippen molar-refractivity contribution in [2.45, 2.75) is 38.9 Å². The predicted molar refractivity (Wildman–Crippen MR) is 131 cm³/mol. The first-order chi connectivity index (χ1) is 16.4. The number of carbonyl (C=O) groups is 1. The predicted octanol–water partition coefficient (Wildman–Crippen LogP) is 6.17. The van der Waals surface area contributed by atoms with Crippen LogP contribution in [-0.2, 0) is 13.2 Å². The minimum atomic E-state index is -4.54. The first-order valence-electron chi connectivity index (χ1n) is 11.1. The van der Waals surface area contributed by atoms with Gasteiger partial charge < -0.3 is 15.4 Å². The fourth-order valence-corrected chi connectivity index (χ4v) is 3.71. The van der Waals surface area contributed by atoms with E-state index in [0.29, 0.717) is 34.3 Å². The lowest BCUT2D eigenvalue weighted by Crippen LogP contribution is -2.44. The van der Waals surface area contributed by atoms with Crippen molar-refractivity contribution in [3.63, 3.8) is 0 Å². The van der Waals surface area contributed by atoms with E-state index in [1.165, 1.54) is 18.3 Å². The lowest BCUT2D eigenvalue weighted by molar-refractivity contribution is -0.137. The number of nitrogens with zero attached hydrogens (tertiary/aromatic N) is 2. The molecule has 0 aliphatic rings. The second kappa shape index (κ2) is 10.7. The van der Waals surface area contributed by atoms with E-state index in [2.05, 4.69) is 22.7 Å². The van der Waals surface area contributed by atoms with Gasteiger partial charge in [-0.1, -0.05) is 24.6 Å². The summed E-state index contributed by atoms with van der Waals surface area (Å²) in [4.78, 5) is 12.7. The second-order valence-corrected chi connectivity index (χ2v) is 9.21. The average Bonchev–Trinajstić information content (AvgIpc) is 3.14. The zero-order chi connectivity index (χ0) is 25.8. The molecule has 1 aromatic heterocycles. The molecule has 0 saturated heterocycles. The van der Waals surface area contributed by atoms with Crippen molar-refractivity contribution in [2.75, 3.05) is 18.5 Å². The van der Waals surface area contributed by atoms with Gasteiger partial charge in [0.2, 0.25) is 0 Å². The van der Waals surface area contributed by atoms with Crippen molar-refractivity contribution in [3.05, 3.63) is 64.8 Å². The molecule has 10 heteroatoms. The number of halogens is 4. The Hall–Kier alpha value is -3.04. The molecule has 0 atom stereocenters. The lowest BCUT2D eigenvalue weighted by atomic mass is 10.1. The molecule has 3 rings (SSSR count). The van der Waals surface area contributed by atoms with Gasteiger partial charge in [0.15, 0.2) is 0 Å². The number of ether oxygens (including phenoxy) is 1. The Morgan fingerprint density at radius 1 is 1.17 bits per heavy atom. The summed E-state index contributed by atoms with van der Waals surface area (Å²) in [6.07, 6.45) is -2.06. The largest absolute Gasteiger partial charge is 0.491 e. The summed E-state index contributed by atoms with van der Waals surface area (Å²) in [7, 11) is 1.73. The molecule has 0 spiro atoms. The topological polar surface area (TPSA) is 68.2 Å². The Morgan fingerprint density at radius 3 is 2.54 bits per heavy atom. The smallest absolute Gasteiger partial charge is 0.416 e. The fourth-order valence-electron chi connectivity index (χ4n) is 3.44. The van der Waals surface area contributed by atoms with E-state index in [4.69, 9.17) is 16.3 Å². The van der Waals surface area contributed by atoms with Crippen LogP contribution >= 0.6 is 11.6 Å². The molecule has 0 radical (unpaired) electrons. The highest BCUT2D eigenvalue weighted by Gasteiger charge is 2.31. The van der Waals surface area contributed by atoms with Gasteiger partial charge in [-0.2, -0.15) is 18.3 Å². The third-order valence-electron chi connectivity index (χ3n) is 5.28. The van der Waals surface area contributed by atoms with Gasteiger partial charge in [-0.15, -0.1) is 0 Å². The minimum absolute atomic E-state index is 0.107. The first-order valence-corrected chi connectivity index (χ1v) is 11.5. The Kier molecular flexibility index (Phi) is 8.12. The van der Waals surface area contributed by atoms with E-state index in [-0.39, 0.29) is 11.1 Å². The molecule has 0 aliphatic heterocycles. The Morgan fingerprint density at radius 2 is 1.91 bits per heavy atom. The highest BCUT2D eigenvalue weighted by molar-refractivity contribution is 6.33. The number of amides is 1. The van der Waals surface area contributed by atoms with Crippen LogP contribution in [0.2, 0.25) is 5.02 Å². The fraction of sp³-hybridized carbons (Fsp3) is 0.360. The maximum absolute atomic E-state index is 13.0. The monoisotopic (exact) mass is 508 g/mol. The van der Waals surface area contributed by atoms with Crippen molar-refractivity contribution >= 4 is 23.2 Å². The molecule has 2 aromatic carbocycles. The molecule has 3 aromatic rings. The maximum Gasteiger partial charge on any atom is 0.416 e. The third-order valence-corrected chi connectivity index (χ3v) is 5.56. The third kappa shape index (κ3) is 6.76. The molecule has 0 fully saturated rings. The maximum atomic E-state index is 13.0. The average molecular weight is 509 g/mol. The zero-order valence-electron chi connectivity index (χ0n) is 20.0. The Labute approximate surface area is 207 Å². The summed E-state index contributed by atoms with van der Waals surface area (Å²) in [5.74, 6) is -0.143. The summed E-state index contributed by atoms with van der Waals surface area (Å²) in [5.41, 5.74) is 0.245. The number of rotatable bonds is 9. The number of hydrogen-bond acceptors (Lipinski definition) is 4. The van der Waals surface area contributed by atoms with E-state index < -0.39 is 17.6 Å². The molecule has 188 valence electrons. The summed E-state index contributed by atoms with van der Waals surface area (Å²) in [5, 5.41) is 10.6. The molecule has 0 bridgehead atoms. The van der Waals surface area contributed by atoms with Crippen molar-refractivity contribution in [3.8, 4) is 17.0 Å². The molecule has 2 N–H and O–H groups in total. The normalized spacial score (nSPS) is 12.0. The van der Waals surface area contributed by atoms with Crippen LogP contribution < -0.4 is 15.4 Å². The number of carbonyl (C=O) groups excluding carboxylic acids is 1. The van der Waals surface area contributed by atoms with E-state index in [1.54, 1.807) is 29.9 Å². The van der Waals surface area contributed by atoms with Crippen molar-refractivity contribution in [1.29, 1.82) is 0 Å². The van der Waals surface area contributed by atoms with E-state index in [1.807, 2.05) is 13.8 Å². The highest BCUT2D eigenvalue weighted by Crippen LogP contribution is 2.37. The van der Waals surface area contributed by atoms with Crippen LogP contribution in [0.3, 0.4) is 0 Å². The number of nitrogens with one attached hydrogen (secondary N) is 2. The van der Waals surface area contributed by atoms with Gasteiger partial charge in [-0.05, 0) is 63.2 Å². The molecular formula is C25H28ClF3N4O2. The molecule has 35 heavy (non-hydrogen) atoms. The van der Waals surface area contributed by atoms with E-state index >= 15 is 0 Å². The zero-order valence-corrected chi connectivity index (χ0v) is 20.7. The number of benzene rings is 2. The summed E-state index contributed by atoms with van der Waals surface area (Å²) in [6, 6.07) is 9.24. The van der Waals surface area contributed by atoms with Gasteiger partial charge in [-0.3, -0.25) is 9.48 Å². The van der Waals surface area contributed by atoms with Crippen LogP contribution in [0.1, 0.15) is 43.1 Å². The van der Waals surface area contributed by atoms with Crippen LogP contribution in [0.4, 0.5) is 18.9 Å². The summed E-state index contributed by atoms with van der Waals surface area (Å²) >= 11 is 6.38. The second-order valence-electron chi connectivity index (χ2n) is 8.81. The van der Waals surface area contributed by atoms with Crippen LogP contribution in [0.25, 0.3) is 11.3 Å². The number of anilines is 1. The molecule has 1 heterocycles. The highest BCUT2D eigenvalue weighted by atomic mass is 35.5. The van der Waals surface area contributed by atoms with Crippen LogP contribution in [-0.4, -0.2) is 34.4 Å². The van der Waals surface area contributed by atoms with Crippen molar-refractivity contribution in [2.24, 2.45) is 7.05 Å². The summed E-state index contributed by atoms with van der Waals surface area (Å²) in [6.45, 7) is 7.35. The lowest BCUT2D eigenvalue weighted by Gasteiger charge is -2.27. The minimum Gasteiger partial charge on any atom is -0.491 e. The Balaban J connectivity index is 1.90. The molecule has 0 saturated carbocycles. The molecule has 0 unspecified atom stereocenters.